The van der Waals surface area contributed by atoms with E-state index in [0.717, 1.165) is 18.1 Å². The Bertz CT molecular complexity index is 381. The van der Waals surface area contributed by atoms with Crippen LogP contribution in [0.25, 0.3) is 0 Å². The van der Waals surface area contributed by atoms with E-state index in [1.165, 1.54) is 24.9 Å². The summed E-state index contributed by atoms with van der Waals surface area (Å²) in [4.78, 5) is 2.47. The third-order valence-corrected chi connectivity index (χ3v) is 3.93. The van der Waals surface area contributed by atoms with Gasteiger partial charge in [-0.1, -0.05) is 24.6 Å². The Morgan fingerprint density at radius 1 is 1.44 bits per heavy atom. The SMILES string of the molecule is CCCNC1CCN(c2cccc(Cl)c2)C(C)C1. The van der Waals surface area contributed by atoms with Gasteiger partial charge in [0.25, 0.3) is 0 Å². The monoisotopic (exact) mass is 266 g/mol. The van der Waals surface area contributed by atoms with E-state index in [1.54, 1.807) is 0 Å². The van der Waals surface area contributed by atoms with E-state index in [0.29, 0.717) is 12.1 Å². The van der Waals surface area contributed by atoms with Crippen molar-refractivity contribution < 1.29 is 0 Å². The molecule has 1 aliphatic heterocycles. The Labute approximate surface area is 115 Å². The highest BCUT2D eigenvalue weighted by molar-refractivity contribution is 6.30. The third-order valence-electron chi connectivity index (χ3n) is 3.70. The minimum Gasteiger partial charge on any atom is -0.369 e. The van der Waals surface area contributed by atoms with Crippen molar-refractivity contribution >= 4 is 17.3 Å². The Balaban J connectivity index is 1.97. The Hall–Kier alpha value is -0.730. The van der Waals surface area contributed by atoms with Gasteiger partial charge in [-0.15, -0.1) is 0 Å². The van der Waals surface area contributed by atoms with E-state index in [4.69, 9.17) is 11.6 Å². The smallest absolute Gasteiger partial charge is 0.0426 e. The van der Waals surface area contributed by atoms with Gasteiger partial charge in [0.1, 0.15) is 0 Å². The van der Waals surface area contributed by atoms with E-state index in [9.17, 15) is 0 Å². The summed E-state index contributed by atoms with van der Waals surface area (Å²) in [6, 6.07) is 9.44. The van der Waals surface area contributed by atoms with Crippen molar-refractivity contribution in [3.8, 4) is 0 Å². The molecule has 1 saturated heterocycles. The fraction of sp³-hybridized carbons (Fsp3) is 0.600. The fourth-order valence-electron chi connectivity index (χ4n) is 2.74. The Kier molecular flexibility index (Phi) is 4.90. The van der Waals surface area contributed by atoms with Gasteiger partial charge in [0.15, 0.2) is 0 Å². The molecule has 0 radical (unpaired) electrons. The second-order valence-electron chi connectivity index (χ2n) is 5.20. The zero-order chi connectivity index (χ0) is 13.0. The molecule has 1 fully saturated rings. The third kappa shape index (κ3) is 3.39. The molecule has 0 saturated carbocycles. The normalized spacial score (nSPS) is 24.3. The minimum atomic E-state index is 0.576. The molecule has 0 amide bonds. The lowest BCUT2D eigenvalue weighted by Gasteiger charge is -2.39. The van der Waals surface area contributed by atoms with Gasteiger partial charge in [-0.25, -0.2) is 0 Å². The lowest BCUT2D eigenvalue weighted by atomic mass is 9.97. The number of hydrogen-bond acceptors (Lipinski definition) is 2. The standard InChI is InChI=1S/C15H23ClN2/c1-3-8-17-14-7-9-18(12(2)10-14)15-6-4-5-13(16)11-15/h4-6,11-12,14,17H,3,7-10H2,1-2H3. The Morgan fingerprint density at radius 2 is 2.28 bits per heavy atom. The topological polar surface area (TPSA) is 15.3 Å². The number of rotatable bonds is 4. The van der Waals surface area contributed by atoms with Crippen LogP contribution < -0.4 is 10.2 Å². The molecule has 3 heteroatoms. The Morgan fingerprint density at radius 3 is 2.94 bits per heavy atom. The summed E-state index contributed by atoms with van der Waals surface area (Å²) in [6.45, 7) is 6.77. The van der Waals surface area contributed by atoms with Gasteiger partial charge >= 0.3 is 0 Å². The number of hydrogen-bond donors (Lipinski definition) is 1. The van der Waals surface area contributed by atoms with Gasteiger partial charge in [0.2, 0.25) is 0 Å². The quantitative estimate of drug-likeness (QED) is 0.894. The van der Waals surface area contributed by atoms with Crippen LogP contribution in [0.1, 0.15) is 33.1 Å². The summed E-state index contributed by atoms with van der Waals surface area (Å²) in [5.74, 6) is 0. The van der Waals surface area contributed by atoms with E-state index in [-0.39, 0.29) is 0 Å². The molecule has 1 N–H and O–H groups in total. The molecular weight excluding hydrogens is 244 g/mol. The van der Waals surface area contributed by atoms with Crippen molar-refractivity contribution in [1.29, 1.82) is 0 Å². The molecular formula is C15H23ClN2. The molecule has 1 aromatic carbocycles. The van der Waals surface area contributed by atoms with Crippen molar-refractivity contribution in [2.24, 2.45) is 0 Å². The lowest BCUT2D eigenvalue weighted by molar-refractivity contribution is 0.369. The summed E-state index contributed by atoms with van der Waals surface area (Å²) in [7, 11) is 0. The highest BCUT2D eigenvalue weighted by atomic mass is 35.5. The predicted molar refractivity (Wildman–Crippen MR) is 79.6 cm³/mol. The average molecular weight is 267 g/mol. The number of halogens is 1. The van der Waals surface area contributed by atoms with Gasteiger partial charge in [0, 0.05) is 29.3 Å². The van der Waals surface area contributed by atoms with Crippen LogP contribution in [-0.4, -0.2) is 25.2 Å². The lowest BCUT2D eigenvalue weighted by Crippen LogP contribution is -2.47. The van der Waals surface area contributed by atoms with E-state index >= 15 is 0 Å². The van der Waals surface area contributed by atoms with Gasteiger partial charge < -0.3 is 10.2 Å². The van der Waals surface area contributed by atoms with Gasteiger partial charge in [-0.3, -0.25) is 0 Å². The molecule has 1 aliphatic rings. The molecule has 0 bridgehead atoms. The number of nitrogens with one attached hydrogen (secondary N) is 1. The van der Waals surface area contributed by atoms with Crippen molar-refractivity contribution in [2.75, 3.05) is 18.0 Å². The van der Waals surface area contributed by atoms with Crippen LogP contribution >= 0.6 is 11.6 Å². The molecule has 2 unspecified atom stereocenters. The van der Waals surface area contributed by atoms with E-state index < -0.39 is 0 Å². The van der Waals surface area contributed by atoms with E-state index in [1.807, 2.05) is 12.1 Å². The summed E-state index contributed by atoms with van der Waals surface area (Å²) >= 11 is 6.07. The van der Waals surface area contributed by atoms with Crippen molar-refractivity contribution in [3.63, 3.8) is 0 Å². The number of anilines is 1. The molecule has 0 aliphatic carbocycles. The molecule has 0 spiro atoms. The summed E-state index contributed by atoms with van der Waals surface area (Å²) in [5, 5.41) is 4.46. The van der Waals surface area contributed by atoms with Crippen LogP contribution in [0.5, 0.6) is 0 Å². The molecule has 2 nitrogen and oxygen atoms in total. The van der Waals surface area contributed by atoms with Crippen LogP contribution in [0, 0.1) is 0 Å². The first-order valence-electron chi connectivity index (χ1n) is 6.96. The summed E-state index contributed by atoms with van der Waals surface area (Å²) in [5.41, 5.74) is 1.25. The number of piperidine rings is 1. The fourth-order valence-corrected chi connectivity index (χ4v) is 2.93. The van der Waals surface area contributed by atoms with Gasteiger partial charge in [-0.05, 0) is 50.9 Å². The van der Waals surface area contributed by atoms with Crippen molar-refractivity contribution in [3.05, 3.63) is 29.3 Å². The maximum Gasteiger partial charge on any atom is 0.0426 e. The second kappa shape index (κ2) is 6.44. The molecule has 18 heavy (non-hydrogen) atoms. The van der Waals surface area contributed by atoms with Gasteiger partial charge in [-0.2, -0.15) is 0 Å². The maximum absolute atomic E-state index is 6.07. The van der Waals surface area contributed by atoms with Crippen LogP contribution in [0.15, 0.2) is 24.3 Å². The largest absolute Gasteiger partial charge is 0.369 e. The first-order valence-corrected chi connectivity index (χ1v) is 7.34. The van der Waals surface area contributed by atoms with Crippen LogP contribution in [0.3, 0.4) is 0 Å². The van der Waals surface area contributed by atoms with Crippen LogP contribution in [0.4, 0.5) is 5.69 Å². The zero-order valence-corrected chi connectivity index (χ0v) is 12.1. The predicted octanol–water partition coefficient (Wildman–Crippen LogP) is 3.70. The molecule has 2 atom stereocenters. The highest BCUT2D eigenvalue weighted by Crippen LogP contribution is 2.26. The van der Waals surface area contributed by atoms with Gasteiger partial charge in [0.05, 0.1) is 0 Å². The zero-order valence-electron chi connectivity index (χ0n) is 11.3. The number of benzene rings is 1. The minimum absolute atomic E-state index is 0.576. The molecule has 0 aromatic heterocycles. The van der Waals surface area contributed by atoms with Crippen molar-refractivity contribution in [1.82, 2.24) is 5.32 Å². The molecule has 2 rings (SSSR count). The second-order valence-corrected chi connectivity index (χ2v) is 5.63. The highest BCUT2D eigenvalue weighted by Gasteiger charge is 2.25. The molecule has 100 valence electrons. The summed E-state index contributed by atoms with van der Waals surface area (Å²) in [6.07, 6.45) is 3.65. The van der Waals surface area contributed by atoms with Crippen LogP contribution in [-0.2, 0) is 0 Å². The average Bonchev–Trinajstić information content (AvgIpc) is 2.36. The van der Waals surface area contributed by atoms with Crippen molar-refractivity contribution in [2.45, 2.75) is 45.2 Å². The number of nitrogens with zero attached hydrogens (tertiary/aromatic N) is 1. The van der Waals surface area contributed by atoms with E-state index in [2.05, 4.69) is 36.2 Å². The first kappa shape index (κ1) is 13.7. The molecule has 1 aromatic rings. The summed E-state index contributed by atoms with van der Waals surface area (Å²) < 4.78 is 0. The first-order chi connectivity index (χ1) is 8.70. The molecule has 1 heterocycles. The maximum atomic E-state index is 6.07. The van der Waals surface area contributed by atoms with Crippen LogP contribution in [0.2, 0.25) is 5.02 Å².